The van der Waals surface area contributed by atoms with E-state index in [0.717, 1.165) is 39.1 Å². The molecular weight excluding hydrogens is 342 g/mol. The summed E-state index contributed by atoms with van der Waals surface area (Å²) in [6.07, 6.45) is 0. The van der Waals surface area contributed by atoms with Crippen molar-refractivity contribution in [2.24, 2.45) is 0 Å². The van der Waals surface area contributed by atoms with Crippen molar-refractivity contribution in [1.29, 1.82) is 0 Å². The molecule has 0 saturated heterocycles. The van der Waals surface area contributed by atoms with Crippen LogP contribution in [0.4, 0.5) is 0 Å². The van der Waals surface area contributed by atoms with Gasteiger partial charge in [-0.3, -0.25) is 4.57 Å². The fourth-order valence-electron chi connectivity index (χ4n) is 4.04. The van der Waals surface area contributed by atoms with Gasteiger partial charge in [-0.15, -0.1) is 0 Å². The van der Waals surface area contributed by atoms with E-state index in [4.69, 9.17) is 4.98 Å². The van der Waals surface area contributed by atoms with Crippen molar-refractivity contribution < 1.29 is 0 Å². The molecule has 3 nitrogen and oxygen atoms in total. The molecule has 0 bridgehead atoms. The molecule has 0 aliphatic heterocycles. The van der Waals surface area contributed by atoms with Gasteiger partial charge in [0.15, 0.2) is 0 Å². The number of aromatic amines is 1. The van der Waals surface area contributed by atoms with Gasteiger partial charge in [-0.2, -0.15) is 0 Å². The minimum absolute atomic E-state index is 0.957. The van der Waals surface area contributed by atoms with Gasteiger partial charge in [0.25, 0.3) is 0 Å². The van der Waals surface area contributed by atoms with Gasteiger partial charge in [0, 0.05) is 33.1 Å². The molecule has 1 N–H and O–H groups in total. The highest BCUT2D eigenvalue weighted by molar-refractivity contribution is 6.11. The number of rotatable bonds is 2. The molecule has 0 saturated carbocycles. The lowest BCUT2D eigenvalue weighted by Crippen LogP contribution is -1.97. The van der Waals surface area contributed by atoms with Crippen LogP contribution in [0.2, 0.25) is 0 Å². The summed E-state index contributed by atoms with van der Waals surface area (Å²) >= 11 is 0. The second-order valence-corrected chi connectivity index (χ2v) is 7.03. The molecule has 6 rings (SSSR count). The minimum atomic E-state index is 0.957. The molecule has 3 heteroatoms. The summed E-state index contributed by atoms with van der Waals surface area (Å²) < 4.78 is 2.26. The molecule has 2 heterocycles. The van der Waals surface area contributed by atoms with Crippen LogP contribution in [0.15, 0.2) is 97.1 Å². The van der Waals surface area contributed by atoms with Crippen LogP contribution in [-0.4, -0.2) is 14.5 Å². The Kier molecular flexibility index (Phi) is 3.17. The summed E-state index contributed by atoms with van der Waals surface area (Å²) in [4.78, 5) is 8.55. The number of para-hydroxylation sites is 2. The standard InChI is InChI=1S/C25H17N3/c1-3-9-17(10-4-1)25-27-23-16-22-20(19-13-7-8-14-21(19)26-22)15-24(23)28(25)18-11-5-2-6-12-18/h1-16,26H. The summed E-state index contributed by atoms with van der Waals surface area (Å²) in [5.41, 5.74) is 6.59. The molecule has 6 aromatic rings. The minimum Gasteiger partial charge on any atom is -0.354 e. The lowest BCUT2D eigenvalue weighted by Gasteiger charge is -2.09. The van der Waals surface area contributed by atoms with Crippen LogP contribution in [0.3, 0.4) is 0 Å². The van der Waals surface area contributed by atoms with Gasteiger partial charge in [0.1, 0.15) is 5.82 Å². The van der Waals surface area contributed by atoms with E-state index < -0.39 is 0 Å². The number of aromatic nitrogens is 3. The first-order valence-electron chi connectivity index (χ1n) is 9.42. The number of benzene rings is 4. The summed E-state index contributed by atoms with van der Waals surface area (Å²) in [5, 5.41) is 2.46. The SMILES string of the molecule is c1ccc(-c2nc3cc4[nH]c5ccccc5c4cc3n2-c2ccccc2)cc1. The highest BCUT2D eigenvalue weighted by Crippen LogP contribution is 2.33. The summed E-state index contributed by atoms with van der Waals surface area (Å²) in [7, 11) is 0. The Morgan fingerprint density at radius 1 is 0.643 bits per heavy atom. The quantitative estimate of drug-likeness (QED) is 0.385. The fraction of sp³-hybridized carbons (Fsp3) is 0. The van der Waals surface area contributed by atoms with E-state index in [1.165, 1.54) is 10.8 Å². The van der Waals surface area contributed by atoms with E-state index in [-0.39, 0.29) is 0 Å². The topological polar surface area (TPSA) is 33.6 Å². The van der Waals surface area contributed by atoms with Crippen LogP contribution >= 0.6 is 0 Å². The predicted octanol–water partition coefficient (Wildman–Crippen LogP) is 6.33. The zero-order chi connectivity index (χ0) is 18.5. The highest BCUT2D eigenvalue weighted by Gasteiger charge is 2.16. The van der Waals surface area contributed by atoms with Crippen LogP contribution in [-0.2, 0) is 0 Å². The van der Waals surface area contributed by atoms with Crippen molar-refractivity contribution in [1.82, 2.24) is 14.5 Å². The number of nitrogens with zero attached hydrogens (tertiary/aromatic N) is 2. The Bertz CT molecular complexity index is 1440. The summed E-state index contributed by atoms with van der Waals surface area (Å²) in [5.74, 6) is 0.957. The van der Waals surface area contributed by atoms with Crippen molar-refractivity contribution >= 4 is 32.8 Å². The zero-order valence-corrected chi connectivity index (χ0v) is 15.1. The smallest absolute Gasteiger partial charge is 0.145 e. The van der Waals surface area contributed by atoms with Crippen LogP contribution in [0.5, 0.6) is 0 Å². The first-order chi connectivity index (χ1) is 13.9. The molecule has 2 aromatic heterocycles. The van der Waals surface area contributed by atoms with Gasteiger partial charge in [0.2, 0.25) is 0 Å². The third kappa shape index (κ3) is 2.20. The third-order valence-electron chi connectivity index (χ3n) is 5.33. The lowest BCUT2D eigenvalue weighted by molar-refractivity contribution is 1.10. The average Bonchev–Trinajstić information content (AvgIpc) is 3.31. The molecule has 28 heavy (non-hydrogen) atoms. The maximum Gasteiger partial charge on any atom is 0.145 e. The van der Waals surface area contributed by atoms with E-state index >= 15 is 0 Å². The number of H-pyrrole nitrogens is 1. The molecule has 0 fully saturated rings. The molecule has 4 aromatic carbocycles. The zero-order valence-electron chi connectivity index (χ0n) is 15.1. The van der Waals surface area contributed by atoms with Gasteiger partial charge in [-0.25, -0.2) is 4.98 Å². The van der Waals surface area contributed by atoms with Crippen LogP contribution in [0, 0.1) is 0 Å². The van der Waals surface area contributed by atoms with Crippen LogP contribution < -0.4 is 0 Å². The number of nitrogens with one attached hydrogen (secondary N) is 1. The largest absolute Gasteiger partial charge is 0.354 e. The maximum absolute atomic E-state index is 5.02. The van der Waals surface area contributed by atoms with Gasteiger partial charge in [0.05, 0.1) is 11.0 Å². The molecular formula is C25H17N3. The van der Waals surface area contributed by atoms with Gasteiger partial charge in [-0.05, 0) is 30.3 Å². The van der Waals surface area contributed by atoms with E-state index in [9.17, 15) is 0 Å². The Hall–Kier alpha value is -3.85. The number of hydrogen-bond donors (Lipinski definition) is 1. The Balaban J connectivity index is 1.75. The second kappa shape index (κ2) is 5.83. The maximum atomic E-state index is 5.02. The number of imidazole rings is 1. The Labute approximate surface area is 161 Å². The Morgan fingerprint density at radius 3 is 2.18 bits per heavy atom. The lowest BCUT2D eigenvalue weighted by atomic mass is 10.1. The third-order valence-corrected chi connectivity index (χ3v) is 5.33. The molecule has 132 valence electrons. The van der Waals surface area contributed by atoms with Gasteiger partial charge < -0.3 is 4.98 Å². The highest BCUT2D eigenvalue weighted by atomic mass is 15.1. The molecule has 0 radical (unpaired) electrons. The number of fused-ring (bicyclic) bond motifs is 4. The monoisotopic (exact) mass is 359 g/mol. The second-order valence-electron chi connectivity index (χ2n) is 7.03. The fourth-order valence-corrected chi connectivity index (χ4v) is 4.04. The van der Waals surface area contributed by atoms with Crippen molar-refractivity contribution in [3.8, 4) is 17.1 Å². The first-order valence-corrected chi connectivity index (χ1v) is 9.42. The molecule has 0 spiro atoms. The predicted molar refractivity (Wildman–Crippen MR) is 116 cm³/mol. The molecule has 0 aliphatic rings. The van der Waals surface area contributed by atoms with Crippen molar-refractivity contribution in [2.45, 2.75) is 0 Å². The first kappa shape index (κ1) is 15.2. The van der Waals surface area contributed by atoms with Crippen molar-refractivity contribution in [3.05, 3.63) is 97.1 Å². The van der Waals surface area contributed by atoms with Crippen molar-refractivity contribution in [2.75, 3.05) is 0 Å². The normalized spacial score (nSPS) is 11.6. The van der Waals surface area contributed by atoms with E-state index in [2.05, 4.69) is 94.5 Å². The molecule has 0 aliphatic carbocycles. The molecule has 0 amide bonds. The summed E-state index contributed by atoms with van der Waals surface area (Å²) in [6.45, 7) is 0. The van der Waals surface area contributed by atoms with Gasteiger partial charge >= 0.3 is 0 Å². The van der Waals surface area contributed by atoms with E-state index in [1.54, 1.807) is 0 Å². The average molecular weight is 359 g/mol. The van der Waals surface area contributed by atoms with E-state index in [0.29, 0.717) is 0 Å². The van der Waals surface area contributed by atoms with E-state index in [1.807, 2.05) is 12.1 Å². The van der Waals surface area contributed by atoms with Crippen LogP contribution in [0.1, 0.15) is 0 Å². The van der Waals surface area contributed by atoms with Crippen molar-refractivity contribution in [3.63, 3.8) is 0 Å². The van der Waals surface area contributed by atoms with Gasteiger partial charge in [-0.1, -0.05) is 66.7 Å². The molecule has 0 atom stereocenters. The Morgan fingerprint density at radius 2 is 1.36 bits per heavy atom. The summed E-state index contributed by atoms with van der Waals surface area (Å²) in [6, 6.07) is 33.7. The van der Waals surface area contributed by atoms with Crippen LogP contribution in [0.25, 0.3) is 49.9 Å². The molecule has 0 unspecified atom stereocenters. The number of hydrogen-bond acceptors (Lipinski definition) is 1.